The van der Waals surface area contributed by atoms with E-state index in [-0.39, 0.29) is 11.5 Å². The number of alkyl halides is 2. The molecule has 0 aliphatic heterocycles. The smallest absolute Gasteiger partial charge is 0.355 e. The van der Waals surface area contributed by atoms with Crippen molar-refractivity contribution >= 4 is 21.5 Å². The summed E-state index contributed by atoms with van der Waals surface area (Å²) in [5.41, 5.74) is 5.74. The van der Waals surface area contributed by atoms with Crippen LogP contribution in [0, 0.1) is 6.92 Å². The van der Waals surface area contributed by atoms with Crippen molar-refractivity contribution in [3.63, 3.8) is 0 Å². The van der Waals surface area contributed by atoms with E-state index >= 15 is 0 Å². The van der Waals surface area contributed by atoms with Crippen molar-refractivity contribution in [2.75, 3.05) is 10.5 Å². The van der Waals surface area contributed by atoms with Crippen LogP contribution in [-0.2, 0) is 10.0 Å². The van der Waals surface area contributed by atoms with E-state index in [9.17, 15) is 17.2 Å². The van der Waals surface area contributed by atoms with Crippen LogP contribution in [0.1, 0.15) is 5.69 Å². The van der Waals surface area contributed by atoms with Crippen LogP contribution in [0.5, 0.6) is 0 Å². The Balaban J connectivity index is 2.96. The molecule has 4 N–H and O–H groups in total. The SMILES string of the molecule is Cc1[nH]nc(NS(=O)(=O)C(F)F)c1N. The lowest BCUT2D eigenvalue weighted by atomic mass is 10.4. The molecule has 1 heterocycles. The van der Waals surface area contributed by atoms with Gasteiger partial charge in [-0.1, -0.05) is 0 Å². The third-order valence-electron chi connectivity index (χ3n) is 1.47. The number of aryl methyl sites for hydroxylation is 1. The van der Waals surface area contributed by atoms with Gasteiger partial charge in [0.05, 0.1) is 11.4 Å². The van der Waals surface area contributed by atoms with Crippen LogP contribution in [0.4, 0.5) is 20.3 Å². The van der Waals surface area contributed by atoms with Crippen molar-refractivity contribution in [1.29, 1.82) is 0 Å². The molecule has 0 spiro atoms. The highest BCUT2D eigenvalue weighted by Gasteiger charge is 2.25. The average Bonchev–Trinajstić information content (AvgIpc) is 2.35. The lowest BCUT2D eigenvalue weighted by Gasteiger charge is -2.03. The summed E-state index contributed by atoms with van der Waals surface area (Å²) in [4.78, 5) is 0. The summed E-state index contributed by atoms with van der Waals surface area (Å²) in [5.74, 6) is -3.83. The second-order valence-electron chi connectivity index (χ2n) is 2.52. The fourth-order valence-electron chi connectivity index (χ4n) is 0.695. The van der Waals surface area contributed by atoms with E-state index in [0.717, 1.165) is 0 Å². The number of nitrogens with one attached hydrogen (secondary N) is 2. The van der Waals surface area contributed by atoms with Crippen molar-refractivity contribution in [1.82, 2.24) is 10.2 Å². The zero-order valence-electron chi connectivity index (χ0n) is 7.08. The van der Waals surface area contributed by atoms with Gasteiger partial charge in [-0.05, 0) is 6.92 Å². The topological polar surface area (TPSA) is 101 Å². The first-order valence-corrected chi connectivity index (χ1v) is 4.99. The monoisotopic (exact) mass is 226 g/mol. The summed E-state index contributed by atoms with van der Waals surface area (Å²) >= 11 is 0. The maximum Gasteiger partial charge on any atom is 0.355 e. The molecule has 0 aliphatic rings. The molecule has 9 heteroatoms. The maximum atomic E-state index is 11.9. The van der Waals surface area contributed by atoms with Gasteiger partial charge in [0.25, 0.3) is 10.0 Å². The van der Waals surface area contributed by atoms with Crippen LogP contribution in [0.25, 0.3) is 0 Å². The van der Waals surface area contributed by atoms with Crippen LogP contribution in [0.15, 0.2) is 0 Å². The number of anilines is 2. The Morgan fingerprint density at radius 3 is 2.50 bits per heavy atom. The summed E-state index contributed by atoms with van der Waals surface area (Å²) in [6, 6.07) is 0. The predicted octanol–water partition coefficient (Wildman–Crippen LogP) is 0.265. The maximum absolute atomic E-state index is 11.9. The van der Waals surface area contributed by atoms with Gasteiger partial charge in [0.2, 0.25) is 0 Å². The van der Waals surface area contributed by atoms with Gasteiger partial charge < -0.3 is 5.73 Å². The molecule has 0 aromatic carbocycles. The first-order chi connectivity index (χ1) is 6.34. The Hall–Kier alpha value is -1.38. The minimum absolute atomic E-state index is 0.00535. The average molecular weight is 226 g/mol. The molecule has 0 amide bonds. The van der Waals surface area contributed by atoms with E-state index in [1.807, 2.05) is 0 Å². The molecule has 80 valence electrons. The van der Waals surface area contributed by atoms with Gasteiger partial charge in [-0.3, -0.25) is 9.82 Å². The second-order valence-corrected chi connectivity index (χ2v) is 4.17. The number of hydrogen-bond acceptors (Lipinski definition) is 4. The number of sulfonamides is 1. The van der Waals surface area contributed by atoms with Crippen LogP contribution < -0.4 is 10.5 Å². The largest absolute Gasteiger partial charge is 0.394 e. The molecule has 0 atom stereocenters. The Morgan fingerprint density at radius 2 is 2.14 bits per heavy atom. The number of aromatic nitrogens is 2. The quantitative estimate of drug-likeness (QED) is 0.688. The molecule has 0 radical (unpaired) electrons. The molecule has 0 aliphatic carbocycles. The highest BCUT2D eigenvalue weighted by atomic mass is 32.2. The molecular formula is C5H8F2N4O2S. The van der Waals surface area contributed by atoms with Crippen molar-refractivity contribution in [3.8, 4) is 0 Å². The van der Waals surface area contributed by atoms with E-state index in [1.54, 1.807) is 4.72 Å². The highest BCUT2D eigenvalue weighted by molar-refractivity contribution is 7.93. The van der Waals surface area contributed by atoms with Gasteiger partial charge in [-0.2, -0.15) is 13.9 Å². The van der Waals surface area contributed by atoms with Gasteiger partial charge in [-0.15, -0.1) is 0 Å². The number of nitrogen functional groups attached to an aromatic ring is 1. The normalized spacial score (nSPS) is 12.0. The van der Waals surface area contributed by atoms with Crippen molar-refractivity contribution in [3.05, 3.63) is 5.69 Å². The van der Waals surface area contributed by atoms with Crippen molar-refractivity contribution in [2.45, 2.75) is 12.7 Å². The number of hydrogen-bond donors (Lipinski definition) is 3. The molecule has 0 fully saturated rings. The molecular weight excluding hydrogens is 218 g/mol. The predicted molar refractivity (Wildman–Crippen MR) is 46.3 cm³/mol. The first kappa shape index (κ1) is 10.7. The minimum Gasteiger partial charge on any atom is -0.394 e. The van der Waals surface area contributed by atoms with E-state index in [1.165, 1.54) is 6.92 Å². The molecule has 6 nitrogen and oxygen atoms in total. The van der Waals surface area contributed by atoms with Crippen LogP contribution >= 0.6 is 0 Å². The zero-order chi connectivity index (χ0) is 10.9. The van der Waals surface area contributed by atoms with Gasteiger partial charge >= 0.3 is 5.76 Å². The molecule has 14 heavy (non-hydrogen) atoms. The van der Waals surface area contributed by atoms with E-state index in [4.69, 9.17) is 5.73 Å². The molecule has 0 unspecified atom stereocenters. The van der Waals surface area contributed by atoms with E-state index in [0.29, 0.717) is 5.69 Å². The molecule has 0 saturated carbocycles. The zero-order valence-corrected chi connectivity index (χ0v) is 7.90. The molecule has 1 aromatic heterocycles. The Kier molecular flexibility index (Phi) is 2.60. The van der Waals surface area contributed by atoms with E-state index < -0.39 is 15.8 Å². The van der Waals surface area contributed by atoms with Gasteiger partial charge in [0.15, 0.2) is 5.82 Å². The number of halogens is 2. The van der Waals surface area contributed by atoms with Crippen molar-refractivity contribution in [2.24, 2.45) is 0 Å². The summed E-state index contributed by atoms with van der Waals surface area (Å²) in [7, 11) is -4.71. The number of aromatic amines is 1. The van der Waals surface area contributed by atoms with E-state index in [2.05, 4.69) is 10.2 Å². The summed E-state index contributed by atoms with van der Waals surface area (Å²) in [5, 5.41) is 5.76. The lowest BCUT2D eigenvalue weighted by Crippen LogP contribution is -2.21. The molecule has 1 rings (SSSR count). The highest BCUT2D eigenvalue weighted by Crippen LogP contribution is 2.20. The third-order valence-corrected chi connectivity index (χ3v) is 2.42. The summed E-state index contributed by atoms with van der Waals surface area (Å²) in [6.07, 6.45) is 0. The summed E-state index contributed by atoms with van der Waals surface area (Å²) < 4.78 is 46.8. The standard InChI is InChI=1S/C5H8F2N4O2S/c1-2-3(8)4(10-9-2)11-14(12,13)5(6)7/h5H,8H2,1H3,(H2,9,10,11). The minimum atomic E-state index is -4.71. The number of nitrogens with two attached hydrogens (primary N) is 1. The third kappa shape index (κ3) is 1.92. The lowest BCUT2D eigenvalue weighted by molar-refractivity contribution is 0.236. The molecule has 0 saturated heterocycles. The van der Waals surface area contributed by atoms with Crippen LogP contribution in [0.3, 0.4) is 0 Å². The Bertz CT molecular complexity index is 427. The van der Waals surface area contributed by atoms with Crippen molar-refractivity contribution < 1.29 is 17.2 Å². The number of nitrogens with zero attached hydrogens (tertiary/aromatic N) is 1. The Labute approximate surface area is 78.5 Å². The Morgan fingerprint density at radius 1 is 1.57 bits per heavy atom. The first-order valence-electron chi connectivity index (χ1n) is 3.45. The molecule has 1 aromatic rings. The second kappa shape index (κ2) is 3.40. The van der Waals surface area contributed by atoms with Gasteiger partial charge in [-0.25, -0.2) is 8.42 Å². The fraction of sp³-hybridized carbons (Fsp3) is 0.400. The van der Waals surface area contributed by atoms with Gasteiger partial charge in [0.1, 0.15) is 0 Å². The number of H-pyrrole nitrogens is 1. The summed E-state index contributed by atoms with van der Waals surface area (Å²) in [6.45, 7) is 1.53. The fourth-order valence-corrected chi connectivity index (χ4v) is 1.21. The van der Waals surface area contributed by atoms with Crippen LogP contribution in [0.2, 0.25) is 0 Å². The van der Waals surface area contributed by atoms with Crippen LogP contribution in [-0.4, -0.2) is 24.4 Å². The number of rotatable bonds is 3. The molecule has 0 bridgehead atoms. The van der Waals surface area contributed by atoms with Gasteiger partial charge in [0, 0.05) is 0 Å².